The van der Waals surface area contributed by atoms with Gasteiger partial charge in [0.05, 0.1) is 0 Å². The Labute approximate surface area is 102 Å². The fourth-order valence-corrected chi connectivity index (χ4v) is 2.75. The summed E-state index contributed by atoms with van der Waals surface area (Å²) in [4.78, 5) is 0. The van der Waals surface area contributed by atoms with Crippen molar-refractivity contribution in [1.82, 2.24) is 5.32 Å². The molecule has 1 saturated carbocycles. The zero-order valence-corrected chi connectivity index (χ0v) is 12.0. The normalized spacial score (nSPS) is 22.1. The molecule has 1 aliphatic rings. The molecule has 0 saturated heterocycles. The molecule has 1 heteroatoms. The van der Waals surface area contributed by atoms with Crippen molar-refractivity contribution in [2.75, 3.05) is 13.1 Å². The van der Waals surface area contributed by atoms with Gasteiger partial charge < -0.3 is 5.32 Å². The van der Waals surface area contributed by atoms with Crippen molar-refractivity contribution in [3.63, 3.8) is 0 Å². The van der Waals surface area contributed by atoms with Crippen LogP contribution in [0.1, 0.15) is 60.3 Å². The average Bonchev–Trinajstić information content (AvgIpc) is 3.00. The molecule has 0 aliphatic heterocycles. The van der Waals surface area contributed by atoms with Gasteiger partial charge in [0.1, 0.15) is 0 Å². The minimum atomic E-state index is 0.560. The van der Waals surface area contributed by atoms with E-state index in [9.17, 15) is 0 Å². The maximum Gasteiger partial charge on any atom is 0.000803 e. The fourth-order valence-electron chi connectivity index (χ4n) is 2.75. The predicted octanol–water partition coefficient (Wildman–Crippen LogP) is 4.08. The first kappa shape index (κ1) is 14.0. The van der Waals surface area contributed by atoms with E-state index < -0.39 is 0 Å². The highest BCUT2D eigenvalue weighted by molar-refractivity contribution is 4.93. The van der Waals surface area contributed by atoms with Crippen molar-refractivity contribution in [3.05, 3.63) is 0 Å². The lowest BCUT2D eigenvalue weighted by Gasteiger charge is -2.33. The van der Waals surface area contributed by atoms with Crippen molar-refractivity contribution in [3.8, 4) is 0 Å². The van der Waals surface area contributed by atoms with Crippen molar-refractivity contribution in [2.45, 2.75) is 60.3 Å². The SMILES string of the molecule is CCC(C)CC(C)(CNCC(C)C)C1CC1. The molecule has 2 unspecified atom stereocenters. The Morgan fingerprint density at radius 3 is 2.31 bits per heavy atom. The van der Waals surface area contributed by atoms with E-state index in [0.29, 0.717) is 5.41 Å². The predicted molar refractivity (Wildman–Crippen MR) is 72.6 cm³/mol. The van der Waals surface area contributed by atoms with Crippen LogP contribution in [0.2, 0.25) is 0 Å². The highest BCUT2D eigenvalue weighted by Crippen LogP contribution is 2.48. The molecule has 0 spiro atoms. The highest BCUT2D eigenvalue weighted by Gasteiger charge is 2.41. The van der Waals surface area contributed by atoms with E-state index in [4.69, 9.17) is 0 Å². The van der Waals surface area contributed by atoms with Crippen molar-refractivity contribution in [2.24, 2.45) is 23.2 Å². The largest absolute Gasteiger partial charge is 0.316 e. The molecule has 2 atom stereocenters. The van der Waals surface area contributed by atoms with Crippen LogP contribution in [-0.2, 0) is 0 Å². The van der Waals surface area contributed by atoms with Crippen molar-refractivity contribution < 1.29 is 0 Å². The van der Waals surface area contributed by atoms with E-state index in [2.05, 4.69) is 39.9 Å². The standard InChI is InChI=1S/C15H31N/c1-6-13(4)9-15(5,14-7-8-14)11-16-10-12(2)3/h12-14,16H,6-11H2,1-5H3. The Hall–Kier alpha value is -0.0400. The second-order valence-corrected chi connectivity index (χ2v) is 6.67. The van der Waals surface area contributed by atoms with E-state index in [-0.39, 0.29) is 0 Å². The Morgan fingerprint density at radius 1 is 1.25 bits per heavy atom. The molecule has 0 aromatic heterocycles. The molecule has 1 rings (SSSR count). The van der Waals surface area contributed by atoms with Gasteiger partial charge in [-0.1, -0.05) is 41.0 Å². The summed E-state index contributed by atoms with van der Waals surface area (Å²) in [6.07, 6.45) is 5.67. The van der Waals surface area contributed by atoms with Gasteiger partial charge in [-0.25, -0.2) is 0 Å². The molecule has 1 N–H and O–H groups in total. The summed E-state index contributed by atoms with van der Waals surface area (Å²) < 4.78 is 0. The lowest BCUT2D eigenvalue weighted by Crippen LogP contribution is -2.36. The maximum absolute atomic E-state index is 3.68. The van der Waals surface area contributed by atoms with Crippen LogP contribution in [-0.4, -0.2) is 13.1 Å². The van der Waals surface area contributed by atoms with Gasteiger partial charge in [0.15, 0.2) is 0 Å². The molecule has 0 aromatic rings. The molecule has 0 radical (unpaired) electrons. The number of hydrogen-bond acceptors (Lipinski definition) is 1. The van der Waals surface area contributed by atoms with Crippen LogP contribution in [0.4, 0.5) is 0 Å². The topological polar surface area (TPSA) is 12.0 Å². The van der Waals surface area contributed by atoms with E-state index in [1.54, 1.807) is 0 Å². The van der Waals surface area contributed by atoms with E-state index >= 15 is 0 Å². The monoisotopic (exact) mass is 225 g/mol. The van der Waals surface area contributed by atoms with Gasteiger partial charge in [-0.15, -0.1) is 0 Å². The third kappa shape index (κ3) is 4.45. The molecule has 96 valence electrons. The van der Waals surface area contributed by atoms with Gasteiger partial charge in [-0.2, -0.15) is 0 Å². The Balaban J connectivity index is 2.38. The lowest BCUT2D eigenvalue weighted by molar-refractivity contribution is 0.195. The van der Waals surface area contributed by atoms with Gasteiger partial charge in [-0.05, 0) is 49.0 Å². The van der Waals surface area contributed by atoms with Crippen LogP contribution in [0.15, 0.2) is 0 Å². The van der Waals surface area contributed by atoms with Crippen LogP contribution in [0.25, 0.3) is 0 Å². The van der Waals surface area contributed by atoms with Crippen LogP contribution in [0.5, 0.6) is 0 Å². The third-order valence-corrected chi connectivity index (χ3v) is 4.16. The first-order valence-electron chi connectivity index (χ1n) is 7.18. The van der Waals surface area contributed by atoms with Crippen LogP contribution in [0.3, 0.4) is 0 Å². The number of hydrogen-bond donors (Lipinski definition) is 1. The van der Waals surface area contributed by atoms with Crippen LogP contribution in [0, 0.1) is 23.2 Å². The summed E-state index contributed by atoms with van der Waals surface area (Å²) in [6, 6.07) is 0. The zero-order valence-electron chi connectivity index (χ0n) is 12.0. The summed E-state index contributed by atoms with van der Waals surface area (Å²) in [5.41, 5.74) is 0.560. The Morgan fingerprint density at radius 2 is 1.88 bits per heavy atom. The van der Waals surface area contributed by atoms with Gasteiger partial charge >= 0.3 is 0 Å². The molecule has 0 heterocycles. The minimum absolute atomic E-state index is 0.560. The van der Waals surface area contributed by atoms with Crippen molar-refractivity contribution >= 4 is 0 Å². The van der Waals surface area contributed by atoms with Gasteiger partial charge in [0, 0.05) is 6.54 Å². The second-order valence-electron chi connectivity index (χ2n) is 6.67. The first-order chi connectivity index (χ1) is 7.48. The van der Waals surface area contributed by atoms with Gasteiger partial charge in [0.2, 0.25) is 0 Å². The quantitative estimate of drug-likeness (QED) is 0.656. The number of rotatable bonds is 8. The summed E-state index contributed by atoms with van der Waals surface area (Å²) in [7, 11) is 0. The molecule has 0 bridgehead atoms. The highest BCUT2D eigenvalue weighted by atomic mass is 14.9. The summed E-state index contributed by atoms with van der Waals surface area (Å²) >= 11 is 0. The smallest absolute Gasteiger partial charge is 0.000803 e. The molecule has 0 aromatic carbocycles. The van der Waals surface area contributed by atoms with Crippen molar-refractivity contribution in [1.29, 1.82) is 0 Å². The molecular formula is C15H31N. The zero-order chi connectivity index (χ0) is 12.2. The van der Waals surface area contributed by atoms with E-state index in [1.807, 2.05) is 0 Å². The van der Waals surface area contributed by atoms with E-state index in [1.165, 1.54) is 38.8 Å². The maximum atomic E-state index is 3.68. The van der Waals surface area contributed by atoms with Gasteiger partial charge in [-0.3, -0.25) is 0 Å². The second kappa shape index (κ2) is 6.05. The van der Waals surface area contributed by atoms with Crippen LogP contribution < -0.4 is 5.32 Å². The number of nitrogens with one attached hydrogen (secondary N) is 1. The Kier molecular flexibility index (Phi) is 5.30. The summed E-state index contributed by atoms with van der Waals surface area (Å²) in [5, 5.41) is 3.68. The third-order valence-electron chi connectivity index (χ3n) is 4.16. The minimum Gasteiger partial charge on any atom is -0.316 e. The molecule has 1 fully saturated rings. The van der Waals surface area contributed by atoms with E-state index in [0.717, 1.165) is 17.8 Å². The fraction of sp³-hybridized carbons (Fsp3) is 1.00. The van der Waals surface area contributed by atoms with Gasteiger partial charge in [0.25, 0.3) is 0 Å². The Bertz CT molecular complexity index is 196. The molecule has 1 nitrogen and oxygen atoms in total. The lowest BCUT2D eigenvalue weighted by atomic mass is 9.76. The molecule has 16 heavy (non-hydrogen) atoms. The molecular weight excluding hydrogens is 194 g/mol. The molecule has 1 aliphatic carbocycles. The summed E-state index contributed by atoms with van der Waals surface area (Å²) in [6.45, 7) is 14.2. The summed E-state index contributed by atoms with van der Waals surface area (Å²) in [5.74, 6) is 2.65. The molecule has 0 amide bonds. The van der Waals surface area contributed by atoms with Crippen LogP contribution >= 0.6 is 0 Å². The average molecular weight is 225 g/mol. The first-order valence-corrected chi connectivity index (χ1v) is 7.18.